The number of benzene rings is 2. The van der Waals surface area contributed by atoms with Crippen LogP contribution in [-0.2, 0) is 52.8 Å². The number of aromatic amines is 2. The Kier molecular flexibility index (Phi) is 19.7. The van der Waals surface area contributed by atoms with Gasteiger partial charge in [0.2, 0.25) is 5.91 Å². The van der Waals surface area contributed by atoms with Crippen molar-refractivity contribution in [1.82, 2.24) is 15.0 Å². The van der Waals surface area contributed by atoms with E-state index in [9.17, 15) is 33.9 Å². The number of amides is 1. The summed E-state index contributed by atoms with van der Waals surface area (Å²) in [5, 5.41) is 43.3. The number of phenolic OH excluding ortho intramolecular Hbond substituents is 1. The van der Waals surface area contributed by atoms with Crippen LogP contribution in [0.15, 0.2) is 67.3 Å². The van der Waals surface area contributed by atoms with Crippen LogP contribution in [0.5, 0.6) is 5.75 Å². The van der Waals surface area contributed by atoms with E-state index in [-0.39, 0.29) is 31.4 Å². The van der Waals surface area contributed by atoms with Gasteiger partial charge in [-0.1, -0.05) is 30.3 Å². The van der Waals surface area contributed by atoms with E-state index in [2.05, 4.69) is 19.7 Å². The summed E-state index contributed by atoms with van der Waals surface area (Å²) in [7, 11) is 0. The molecule has 2 heterocycles. The van der Waals surface area contributed by atoms with Crippen LogP contribution in [0, 0.1) is 0 Å². The van der Waals surface area contributed by atoms with Gasteiger partial charge in [0.25, 0.3) is 0 Å². The molecule has 300 valence electrons. The Balaban J connectivity index is 0.000000407. The van der Waals surface area contributed by atoms with Crippen molar-refractivity contribution in [3.8, 4) is 5.75 Å². The number of aromatic nitrogens is 3. The molecule has 21 heteroatoms. The van der Waals surface area contributed by atoms with Crippen LogP contribution < -0.4 is 34.4 Å². The first-order chi connectivity index (χ1) is 26.4. The Labute approximate surface area is 315 Å². The Hall–Kier alpha value is -6.23. The topological polar surface area (TPSA) is 413 Å². The molecule has 0 saturated heterocycles. The number of hydrogen-bond acceptors (Lipinski definition) is 15. The van der Waals surface area contributed by atoms with E-state index in [1.165, 1.54) is 18.5 Å². The summed E-state index contributed by atoms with van der Waals surface area (Å²) in [6.07, 6.45) is 5.46. The lowest BCUT2D eigenvalue weighted by atomic mass is 10.1. The van der Waals surface area contributed by atoms with E-state index in [0.717, 1.165) is 22.2 Å². The molecule has 4 rings (SSSR count). The lowest BCUT2D eigenvalue weighted by Gasteiger charge is -2.13. The first-order valence-corrected chi connectivity index (χ1v) is 16.2. The highest BCUT2D eigenvalue weighted by atomic mass is 16.6. The van der Waals surface area contributed by atoms with Gasteiger partial charge >= 0.3 is 29.8 Å². The average molecular weight is 775 g/mol. The first-order valence-electron chi connectivity index (χ1n) is 16.7. The van der Waals surface area contributed by atoms with Crippen molar-refractivity contribution in [2.24, 2.45) is 34.4 Å². The van der Waals surface area contributed by atoms with E-state index in [4.69, 9.17) is 50.5 Å². The molecule has 0 unspecified atom stereocenters. The molecule has 55 heavy (non-hydrogen) atoms. The number of aliphatic hydroxyl groups is 1. The van der Waals surface area contributed by atoms with Gasteiger partial charge in [0.1, 0.15) is 37.4 Å². The number of ether oxygens (including phenoxy) is 1. The van der Waals surface area contributed by atoms with Gasteiger partial charge in [-0.25, -0.2) is 14.6 Å². The van der Waals surface area contributed by atoms with Gasteiger partial charge in [0, 0.05) is 48.3 Å². The summed E-state index contributed by atoms with van der Waals surface area (Å²) in [5.41, 5.74) is 31.3. The number of nitrogens with one attached hydrogen (secondary N) is 2. The fourth-order valence-electron chi connectivity index (χ4n) is 4.04. The molecule has 19 N–H and O–H groups in total. The van der Waals surface area contributed by atoms with Crippen molar-refractivity contribution < 1.29 is 60.4 Å². The second kappa shape index (κ2) is 24.2. The number of carbonyl (C=O) groups is 6. The number of hydrogen-bond donors (Lipinski definition) is 13. The molecule has 21 nitrogen and oxygen atoms in total. The predicted molar refractivity (Wildman–Crippen MR) is 196 cm³/mol. The average Bonchev–Trinajstić information content (AvgIpc) is 3.83. The Morgan fingerprint density at radius 1 is 0.764 bits per heavy atom. The highest BCUT2D eigenvalue weighted by molar-refractivity contribution is 5.91. The van der Waals surface area contributed by atoms with E-state index in [1.54, 1.807) is 18.3 Å². The third-order valence-corrected chi connectivity index (χ3v) is 7.12. The van der Waals surface area contributed by atoms with Gasteiger partial charge in [-0.3, -0.25) is 19.2 Å². The minimum Gasteiger partial charge on any atom is -0.508 e. The number of carboxylic acid groups (broad SMARTS) is 3. The normalized spacial score (nSPS) is 13.3. The standard InChI is InChI=1S/C14H19N3O5.C11H12N2O2.C6H9N3O2.C3H7NO3/c15-10(5-6-12(17)19)13(20)22-14(21)11(16)7-8-1-3-9(18)4-2-8;12-9(11(14)15)5-7-6-13-10-4-2-1-3-8(7)10;7-5(6(10)11)1-4-2-8-3-9-4;4-2(1-5)3(6)7/h1-4,10-11,18H,5-7,15-16H2,(H2,17,19);1-4,6,9,13H,5,12H2,(H,14,15);2-3,5H,1,7H2,(H,8,9)(H,10,11);2,5H,1,4H2,(H,6,7)/t10-,11-;9-;5-;2-/m0000/s1/i/hD. The minimum absolute atomic E-state index is 0.0294. The third kappa shape index (κ3) is 18.4. The van der Waals surface area contributed by atoms with Crippen molar-refractivity contribution in [3.63, 3.8) is 0 Å². The van der Waals surface area contributed by atoms with Crippen molar-refractivity contribution in [3.05, 3.63) is 84.1 Å². The van der Waals surface area contributed by atoms with Crippen LogP contribution >= 0.6 is 0 Å². The number of imidazole rings is 1. The smallest absolute Gasteiger partial charge is 0.330 e. The van der Waals surface area contributed by atoms with Crippen LogP contribution in [0.2, 0.25) is 1.41 Å². The molecule has 0 saturated carbocycles. The van der Waals surface area contributed by atoms with Crippen molar-refractivity contribution >= 4 is 46.7 Å². The molecule has 0 aliphatic carbocycles. The van der Waals surface area contributed by atoms with Crippen LogP contribution in [0.25, 0.3) is 10.9 Å². The number of esters is 2. The van der Waals surface area contributed by atoms with Crippen LogP contribution in [0.4, 0.5) is 0 Å². The van der Waals surface area contributed by atoms with Gasteiger partial charge in [-0.2, -0.15) is 0 Å². The first kappa shape index (κ1) is 44.9. The largest absolute Gasteiger partial charge is 0.508 e. The summed E-state index contributed by atoms with van der Waals surface area (Å²) < 4.78 is 11.8. The number of nitrogens with zero attached hydrogens (tertiary/aromatic N) is 1. The maximum absolute atomic E-state index is 11.9. The number of fused-ring (bicyclic) bond motifs is 1. The number of phenols is 1. The molecule has 1 amide bonds. The molecule has 2 aromatic carbocycles. The van der Waals surface area contributed by atoms with E-state index in [1.807, 2.05) is 36.2 Å². The number of carboxylic acids is 3. The van der Waals surface area contributed by atoms with Crippen molar-refractivity contribution in [2.75, 3.05) is 6.61 Å². The zero-order chi connectivity index (χ0) is 42.4. The van der Waals surface area contributed by atoms with Gasteiger partial charge < -0.3 is 74.6 Å². The van der Waals surface area contributed by atoms with E-state index >= 15 is 0 Å². The molecule has 0 spiro atoms. The number of aromatic hydroxyl groups is 1. The zero-order valence-corrected chi connectivity index (χ0v) is 29.4. The van der Waals surface area contributed by atoms with Gasteiger partial charge in [-0.05, 0) is 42.2 Å². The SMILES string of the molecule is N[C@@H](CO)C(=O)O.N[C@@H](Cc1c[nH]c2ccccc12)C(=O)O.N[C@@H](Cc1cnc[nH]1)C(=O)O.[2H]N[C@@H](Cc1ccc(O)cc1)C(=O)OC(=O)[C@@H](N)CCC(N)=O. The Bertz CT molecular complexity index is 1840. The number of primary amides is 1. The number of nitrogens with two attached hydrogens (primary N) is 6. The lowest BCUT2D eigenvalue weighted by Crippen LogP contribution is -2.40. The summed E-state index contributed by atoms with van der Waals surface area (Å²) >= 11 is 0. The molecule has 2 aromatic heterocycles. The number of rotatable bonds is 16. The van der Waals surface area contributed by atoms with E-state index in [0.29, 0.717) is 12.0 Å². The molecular formula is C34H47N9O12. The number of para-hydroxylation sites is 1. The number of aliphatic hydroxyl groups excluding tert-OH is 1. The van der Waals surface area contributed by atoms with Gasteiger partial charge in [-0.15, -0.1) is 0 Å². The third-order valence-electron chi connectivity index (χ3n) is 7.12. The summed E-state index contributed by atoms with van der Waals surface area (Å²) in [6.45, 7) is -0.505. The number of carbonyl (C=O) groups excluding carboxylic acids is 3. The predicted octanol–water partition coefficient (Wildman–Crippen LogP) is -2.20. The van der Waals surface area contributed by atoms with Crippen LogP contribution in [0.1, 0.15) is 29.7 Å². The minimum atomic E-state index is -1.18. The highest BCUT2D eigenvalue weighted by Gasteiger charge is 2.24. The summed E-state index contributed by atoms with van der Waals surface area (Å²) in [4.78, 5) is 74.3. The molecule has 4 aromatic rings. The van der Waals surface area contributed by atoms with Gasteiger partial charge in [0.15, 0.2) is 0 Å². The molecule has 0 aliphatic rings. The maximum Gasteiger partial charge on any atom is 0.330 e. The zero-order valence-electron chi connectivity index (χ0n) is 30.4. The second-order valence-electron chi connectivity index (χ2n) is 11.6. The van der Waals surface area contributed by atoms with Gasteiger partial charge in [0.05, 0.1) is 12.9 Å². The van der Waals surface area contributed by atoms with Crippen molar-refractivity contribution in [1.29, 1.82) is 0 Å². The van der Waals surface area contributed by atoms with Crippen LogP contribution in [0.3, 0.4) is 0 Å². The fourth-order valence-corrected chi connectivity index (χ4v) is 4.04. The fraction of sp³-hybridized carbons (Fsp3) is 0.324. The quantitative estimate of drug-likeness (QED) is 0.0424. The Morgan fingerprint density at radius 3 is 1.85 bits per heavy atom. The molecular weight excluding hydrogens is 726 g/mol. The molecule has 0 fully saturated rings. The molecule has 0 bridgehead atoms. The number of aliphatic carboxylic acids is 3. The molecule has 5 atom stereocenters. The van der Waals surface area contributed by atoms with Crippen molar-refractivity contribution in [2.45, 2.75) is 62.3 Å². The monoisotopic (exact) mass is 774 g/mol. The maximum atomic E-state index is 11.9. The highest BCUT2D eigenvalue weighted by Crippen LogP contribution is 2.18. The summed E-state index contributed by atoms with van der Waals surface area (Å²) in [5.74, 6) is -5.63. The molecule has 0 radical (unpaired) electrons. The lowest BCUT2D eigenvalue weighted by molar-refractivity contribution is -0.161. The van der Waals surface area contributed by atoms with Crippen LogP contribution in [-0.4, -0.2) is 113 Å². The number of H-pyrrole nitrogens is 2. The second-order valence-corrected chi connectivity index (χ2v) is 11.6. The molecule has 0 aliphatic heterocycles. The Morgan fingerprint density at radius 2 is 1.35 bits per heavy atom. The summed E-state index contributed by atoms with van der Waals surface area (Å²) in [6, 6.07) is 8.74. The van der Waals surface area contributed by atoms with E-state index < -0.39 is 72.6 Å².